The van der Waals surface area contributed by atoms with Gasteiger partial charge in [-0.1, -0.05) is 11.6 Å². The number of hydrogen-bond acceptors (Lipinski definition) is 3. The molecule has 0 aromatic carbocycles. The summed E-state index contributed by atoms with van der Waals surface area (Å²) in [5, 5.41) is 11.5. The summed E-state index contributed by atoms with van der Waals surface area (Å²) in [7, 11) is 0. The van der Waals surface area contributed by atoms with Crippen molar-refractivity contribution in [2.45, 2.75) is 25.8 Å². The van der Waals surface area contributed by atoms with Gasteiger partial charge in [0.05, 0.1) is 16.9 Å². The number of aliphatic hydroxyl groups is 1. The summed E-state index contributed by atoms with van der Waals surface area (Å²) in [4.78, 5) is 12.6. The molecule has 1 rings (SSSR count). The quantitative estimate of drug-likeness (QED) is 0.855. The van der Waals surface area contributed by atoms with E-state index in [-0.39, 0.29) is 24.5 Å². The molecule has 0 saturated carbocycles. The molecule has 0 saturated heterocycles. The van der Waals surface area contributed by atoms with Crippen LogP contribution >= 0.6 is 22.9 Å². The van der Waals surface area contributed by atoms with Crippen molar-refractivity contribution < 1.29 is 9.90 Å². The molecule has 0 radical (unpaired) electrons. The molecule has 15 heavy (non-hydrogen) atoms. The summed E-state index contributed by atoms with van der Waals surface area (Å²) in [5.41, 5.74) is 0. The molecular weight excluding hydrogens is 234 g/mol. The van der Waals surface area contributed by atoms with E-state index < -0.39 is 0 Å². The fraction of sp³-hybridized carbons (Fsp3) is 0.500. The van der Waals surface area contributed by atoms with Crippen LogP contribution in [0.25, 0.3) is 0 Å². The average Bonchev–Trinajstić information content (AvgIpc) is 2.63. The van der Waals surface area contributed by atoms with E-state index in [1.54, 1.807) is 13.0 Å². The molecule has 2 unspecified atom stereocenters. The van der Waals surface area contributed by atoms with Gasteiger partial charge in [0.25, 0.3) is 0 Å². The average molecular weight is 248 g/mol. The molecule has 1 heterocycles. The zero-order valence-corrected chi connectivity index (χ0v) is 10.2. The second-order valence-electron chi connectivity index (χ2n) is 3.46. The lowest BCUT2D eigenvalue weighted by Gasteiger charge is -2.14. The van der Waals surface area contributed by atoms with Gasteiger partial charge >= 0.3 is 0 Å². The van der Waals surface area contributed by atoms with Gasteiger partial charge in [-0.05, 0) is 26.0 Å². The van der Waals surface area contributed by atoms with Gasteiger partial charge < -0.3 is 10.4 Å². The third-order valence-corrected chi connectivity index (χ3v) is 3.49. The maximum absolute atomic E-state index is 11.7. The van der Waals surface area contributed by atoms with Crippen LogP contribution in [0.5, 0.6) is 0 Å². The number of amides is 1. The van der Waals surface area contributed by atoms with Crippen molar-refractivity contribution in [2.24, 2.45) is 0 Å². The van der Waals surface area contributed by atoms with Crippen molar-refractivity contribution in [3.8, 4) is 0 Å². The molecule has 0 bridgehead atoms. The first kappa shape index (κ1) is 12.5. The molecule has 5 heteroatoms. The Kier molecular flexibility index (Phi) is 4.57. The van der Waals surface area contributed by atoms with Crippen LogP contribution < -0.4 is 5.32 Å². The third kappa shape index (κ3) is 3.48. The summed E-state index contributed by atoms with van der Waals surface area (Å²) in [6.45, 7) is 3.53. The smallest absolute Gasteiger partial charge is 0.228 e. The second kappa shape index (κ2) is 5.49. The van der Waals surface area contributed by atoms with Crippen molar-refractivity contribution in [2.75, 3.05) is 6.61 Å². The minimum atomic E-state index is -0.225. The lowest BCUT2D eigenvalue weighted by molar-refractivity contribution is -0.123. The minimum absolute atomic E-state index is 0.0519. The van der Waals surface area contributed by atoms with E-state index in [1.165, 1.54) is 11.3 Å². The van der Waals surface area contributed by atoms with E-state index >= 15 is 0 Å². The highest BCUT2D eigenvalue weighted by atomic mass is 35.5. The van der Waals surface area contributed by atoms with Gasteiger partial charge in [-0.2, -0.15) is 0 Å². The maximum Gasteiger partial charge on any atom is 0.228 e. The molecule has 1 aromatic rings. The van der Waals surface area contributed by atoms with Gasteiger partial charge in [0.1, 0.15) is 0 Å². The first-order valence-electron chi connectivity index (χ1n) is 4.71. The fourth-order valence-electron chi connectivity index (χ4n) is 1.10. The standard InChI is InChI=1S/C10H14ClNO2S/c1-6(5-13)12-10(14)7(2)8-3-4-9(11)15-8/h3-4,6-7,13H,5H2,1-2H3,(H,12,14). The van der Waals surface area contributed by atoms with Crippen LogP contribution in [0, 0.1) is 0 Å². The number of thiophene rings is 1. The predicted octanol–water partition coefficient (Wildman–Crippen LogP) is 2.00. The summed E-state index contributed by atoms with van der Waals surface area (Å²) >= 11 is 7.19. The molecule has 1 aromatic heterocycles. The van der Waals surface area contributed by atoms with E-state index in [9.17, 15) is 4.79 Å². The molecule has 0 aliphatic carbocycles. The van der Waals surface area contributed by atoms with E-state index in [0.717, 1.165) is 4.88 Å². The molecule has 0 fully saturated rings. The Morgan fingerprint density at radius 2 is 2.27 bits per heavy atom. The highest BCUT2D eigenvalue weighted by Gasteiger charge is 2.18. The molecule has 0 aliphatic rings. The number of carbonyl (C=O) groups is 1. The van der Waals surface area contributed by atoms with Crippen LogP contribution in [0.1, 0.15) is 24.6 Å². The van der Waals surface area contributed by atoms with Gasteiger partial charge in [0.2, 0.25) is 5.91 Å². The summed E-state index contributed by atoms with van der Waals surface area (Å²) in [5.74, 6) is -0.313. The van der Waals surface area contributed by atoms with Crippen molar-refractivity contribution >= 4 is 28.8 Å². The summed E-state index contributed by atoms with van der Waals surface area (Å²) in [6, 6.07) is 3.41. The zero-order chi connectivity index (χ0) is 11.4. The van der Waals surface area contributed by atoms with Crippen molar-refractivity contribution in [3.05, 3.63) is 21.3 Å². The van der Waals surface area contributed by atoms with Crippen LogP contribution in [-0.2, 0) is 4.79 Å². The van der Waals surface area contributed by atoms with Crippen LogP contribution in [0.4, 0.5) is 0 Å². The Hall–Kier alpha value is -0.580. The summed E-state index contributed by atoms with van der Waals surface area (Å²) in [6.07, 6.45) is 0. The van der Waals surface area contributed by atoms with Crippen LogP contribution in [-0.4, -0.2) is 23.7 Å². The van der Waals surface area contributed by atoms with E-state index in [4.69, 9.17) is 16.7 Å². The van der Waals surface area contributed by atoms with Crippen molar-refractivity contribution in [3.63, 3.8) is 0 Å². The molecule has 2 atom stereocenters. The van der Waals surface area contributed by atoms with Gasteiger partial charge in [0, 0.05) is 10.9 Å². The van der Waals surface area contributed by atoms with Crippen LogP contribution in [0.3, 0.4) is 0 Å². The van der Waals surface area contributed by atoms with E-state index in [2.05, 4.69) is 5.32 Å². The number of nitrogens with one attached hydrogen (secondary N) is 1. The molecule has 2 N–H and O–H groups in total. The Bertz CT molecular complexity index is 340. The number of carbonyl (C=O) groups excluding carboxylic acids is 1. The Balaban J connectivity index is 2.60. The Labute approximate surface area is 98.1 Å². The second-order valence-corrected chi connectivity index (χ2v) is 5.20. The lowest BCUT2D eigenvalue weighted by atomic mass is 10.1. The molecule has 0 aliphatic heterocycles. The molecular formula is C10H14ClNO2S. The molecule has 3 nitrogen and oxygen atoms in total. The first-order chi connectivity index (χ1) is 7.04. The zero-order valence-electron chi connectivity index (χ0n) is 8.66. The van der Waals surface area contributed by atoms with Gasteiger partial charge in [0.15, 0.2) is 0 Å². The number of hydrogen-bond donors (Lipinski definition) is 2. The molecule has 84 valence electrons. The Morgan fingerprint density at radius 3 is 2.73 bits per heavy atom. The Morgan fingerprint density at radius 1 is 1.60 bits per heavy atom. The monoisotopic (exact) mass is 247 g/mol. The minimum Gasteiger partial charge on any atom is -0.394 e. The highest BCUT2D eigenvalue weighted by Crippen LogP contribution is 2.28. The normalized spacial score (nSPS) is 14.7. The fourth-order valence-corrected chi connectivity index (χ4v) is 2.22. The molecule has 0 spiro atoms. The topological polar surface area (TPSA) is 49.3 Å². The maximum atomic E-state index is 11.7. The third-order valence-electron chi connectivity index (χ3n) is 2.08. The first-order valence-corrected chi connectivity index (χ1v) is 5.90. The van der Waals surface area contributed by atoms with Crippen LogP contribution in [0.2, 0.25) is 4.34 Å². The molecule has 1 amide bonds. The largest absolute Gasteiger partial charge is 0.394 e. The number of aliphatic hydroxyl groups excluding tert-OH is 1. The summed E-state index contributed by atoms with van der Waals surface area (Å²) < 4.78 is 0.680. The van der Waals surface area contributed by atoms with Crippen molar-refractivity contribution in [1.82, 2.24) is 5.32 Å². The van der Waals surface area contributed by atoms with Gasteiger partial charge in [-0.3, -0.25) is 4.79 Å². The number of rotatable bonds is 4. The van der Waals surface area contributed by atoms with Gasteiger partial charge in [-0.25, -0.2) is 0 Å². The predicted molar refractivity (Wildman–Crippen MR) is 62.4 cm³/mol. The SMILES string of the molecule is CC(CO)NC(=O)C(C)c1ccc(Cl)s1. The van der Waals surface area contributed by atoms with Crippen molar-refractivity contribution in [1.29, 1.82) is 0 Å². The number of halogens is 1. The van der Waals surface area contributed by atoms with Gasteiger partial charge in [-0.15, -0.1) is 11.3 Å². The highest BCUT2D eigenvalue weighted by molar-refractivity contribution is 7.16. The van der Waals surface area contributed by atoms with Crippen LogP contribution in [0.15, 0.2) is 12.1 Å². The lowest BCUT2D eigenvalue weighted by Crippen LogP contribution is -2.37. The van der Waals surface area contributed by atoms with E-state index in [0.29, 0.717) is 4.34 Å². The van der Waals surface area contributed by atoms with E-state index in [1.807, 2.05) is 13.0 Å².